The van der Waals surface area contributed by atoms with Gasteiger partial charge in [0.15, 0.2) is 0 Å². The summed E-state index contributed by atoms with van der Waals surface area (Å²) in [5, 5.41) is 6.67. The maximum atomic E-state index is 12.5. The number of fused-ring (bicyclic) bond motifs is 1. The number of benzene rings is 1. The highest BCUT2D eigenvalue weighted by Crippen LogP contribution is 2.38. The van der Waals surface area contributed by atoms with Crippen LogP contribution in [0.15, 0.2) is 28.8 Å². The summed E-state index contributed by atoms with van der Waals surface area (Å²) < 4.78 is 4.98. The number of hydrogen-bond donors (Lipinski definition) is 1. The Balaban J connectivity index is 1.36. The SMILES string of the molecule is Cc1nc(-c2cccc(NC(=O)CCN3C(=O)C4CCCCC4C3=O)c2)no1. The number of likely N-dealkylation sites (tertiary alicyclic amines) is 1. The standard InChI is InChI=1S/C20H22N4O4/c1-12-21-18(23-28-12)13-5-4-6-14(11-13)22-17(25)9-10-24-19(26)15-7-2-3-8-16(15)20(24)27/h4-6,11,15-16H,2-3,7-10H2,1H3,(H,22,25). The summed E-state index contributed by atoms with van der Waals surface area (Å²) >= 11 is 0. The van der Waals surface area contributed by atoms with Crippen LogP contribution in [-0.4, -0.2) is 39.3 Å². The summed E-state index contributed by atoms with van der Waals surface area (Å²) in [6.45, 7) is 1.83. The summed E-state index contributed by atoms with van der Waals surface area (Å²) in [6, 6.07) is 7.12. The Labute approximate surface area is 162 Å². The summed E-state index contributed by atoms with van der Waals surface area (Å²) in [5.74, 6) is 0.0686. The number of anilines is 1. The molecule has 8 nitrogen and oxygen atoms in total. The molecule has 28 heavy (non-hydrogen) atoms. The van der Waals surface area contributed by atoms with Crippen molar-refractivity contribution in [2.45, 2.75) is 39.0 Å². The molecule has 1 aliphatic heterocycles. The third kappa shape index (κ3) is 3.54. The van der Waals surface area contributed by atoms with E-state index in [1.54, 1.807) is 25.1 Å². The van der Waals surface area contributed by atoms with E-state index in [-0.39, 0.29) is 42.5 Å². The van der Waals surface area contributed by atoms with E-state index >= 15 is 0 Å². The second kappa shape index (κ2) is 7.53. The highest BCUT2D eigenvalue weighted by atomic mass is 16.5. The zero-order valence-electron chi connectivity index (χ0n) is 15.7. The Morgan fingerprint density at radius 2 is 1.93 bits per heavy atom. The van der Waals surface area contributed by atoms with E-state index in [4.69, 9.17) is 4.52 Å². The Hall–Kier alpha value is -3.03. The number of hydrogen-bond acceptors (Lipinski definition) is 6. The molecule has 0 bridgehead atoms. The molecule has 0 radical (unpaired) electrons. The second-order valence-corrected chi connectivity index (χ2v) is 7.34. The molecule has 1 aliphatic carbocycles. The Bertz CT molecular complexity index is 898. The van der Waals surface area contributed by atoms with E-state index in [1.807, 2.05) is 6.07 Å². The van der Waals surface area contributed by atoms with Crippen molar-refractivity contribution in [3.63, 3.8) is 0 Å². The highest BCUT2D eigenvalue weighted by molar-refractivity contribution is 6.05. The predicted molar refractivity (Wildman–Crippen MR) is 99.9 cm³/mol. The maximum absolute atomic E-state index is 12.5. The van der Waals surface area contributed by atoms with Crippen molar-refractivity contribution in [2.75, 3.05) is 11.9 Å². The quantitative estimate of drug-likeness (QED) is 0.797. The van der Waals surface area contributed by atoms with Gasteiger partial charge in [-0.05, 0) is 25.0 Å². The normalized spacial score (nSPS) is 21.7. The van der Waals surface area contributed by atoms with Crippen LogP contribution in [0.2, 0.25) is 0 Å². The van der Waals surface area contributed by atoms with Gasteiger partial charge in [-0.25, -0.2) is 0 Å². The largest absolute Gasteiger partial charge is 0.339 e. The fourth-order valence-corrected chi connectivity index (χ4v) is 4.04. The molecule has 2 atom stereocenters. The van der Waals surface area contributed by atoms with Crippen LogP contribution in [0, 0.1) is 18.8 Å². The van der Waals surface area contributed by atoms with Crippen LogP contribution in [0.5, 0.6) is 0 Å². The predicted octanol–water partition coefficient (Wildman–Crippen LogP) is 2.55. The minimum atomic E-state index is -0.253. The van der Waals surface area contributed by atoms with Crippen LogP contribution < -0.4 is 5.32 Å². The zero-order valence-corrected chi connectivity index (χ0v) is 15.7. The fourth-order valence-electron chi connectivity index (χ4n) is 4.04. The average Bonchev–Trinajstić information content (AvgIpc) is 3.23. The molecular formula is C20H22N4O4. The second-order valence-electron chi connectivity index (χ2n) is 7.34. The first-order chi connectivity index (χ1) is 13.5. The molecule has 146 valence electrons. The number of nitrogens with one attached hydrogen (secondary N) is 1. The maximum Gasteiger partial charge on any atom is 0.233 e. The monoisotopic (exact) mass is 382 g/mol. The van der Waals surface area contributed by atoms with Gasteiger partial charge in [0.25, 0.3) is 0 Å². The van der Waals surface area contributed by atoms with Crippen molar-refractivity contribution in [1.82, 2.24) is 15.0 Å². The molecule has 2 aliphatic rings. The van der Waals surface area contributed by atoms with Crippen molar-refractivity contribution in [1.29, 1.82) is 0 Å². The Morgan fingerprint density at radius 3 is 2.57 bits per heavy atom. The van der Waals surface area contributed by atoms with E-state index in [9.17, 15) is 14.4 Å². The van der Waals surface area contributed by atoms with Gasteiger partial charge in [-0.2, -0.15) is 4.98 Å². The van der Waals surface area contributed by atoms with Gasteiger partial charge in [-0.15, -0.1) is 0 Å². The van der Waals surface area contributed by atoms with Crippen molar-refractivity contribution < 1.29 is 18.9 Å². The zero-order chi connectivity index (χ0) is 19.7. The van der Waals surface area contributed by atoms with E-state index < -0.39 is 0 Å². The third-order valence-corrected chi connectivity index (χ3v) is 5.43. The van der Waals surface area contributed by atoms with Crippen LogP contribution >= 0.6 is 0 Å². The lowest BCUT2D eigenvalue weighted by Crippen LogP contribution is -2.34. The van der Waals surface area contributed by atoms with Gasteiger partial charge < -0.3 is 9.84 Å². The molecule has 1 saturated carbocycles. The highest BCUT2D eigenvalue weighted by Gasteiger charge is 2.47. The number of aromatic nitrogens is 2. The van der Waals surface area contributed by atoms with Crippen molar-refractivity contribution >= 4 is 23.4 Å². The van der Waals surface area contributed by atoms with Gasteiger partial charge in [-0.1, -0.05) is 30.1 Å². The molecule has 0 spiro atoms. The van der Waals surface area contributed by atoms with Crippen LogP contribution in [0.25, 0.3) is 11.4 Å². The summed E-state index contributed by atoms with van der Waals surface area (Å²) in [5.41, 5.74) is 1.32. The number of rotatable bonds is 5. The number of carbonyl (C=O) groups excluding carboxylic acids is 3. The van der Waals surface area contributed by atoms with Gasteiger partial charge in [0.1, 0.15) is 0 Å². The molecule has 3 amide bonds. The molecule has 2 unspecified atom stereocenters. The van der Waals surface area contributed by atoms with E-state index in [0.717, 1.165) is 31.2 Å². The first-order valence-electron chi connectivity index (χ1n) is 9.59. The van der Waals surface area contributed by atoms with Gasteiger partial charge >= 0.3 is 0 Å². The molecule has 1 N–H and O–H groups in total. The van der Waals surface area contributed by atoms with Crippen LogP contribution in [0.3, 0.4) is 0 Å². The third-order valence-electron chi connectivity index (χ3n) is 5.43. The summed E-state index contributed by atoms with van der Waals surface area (Å²) in [6.07, 6.45) is 3.61. The van der Waals surface area contributed by atoms with Crippen LogP contribution in [-0.2, 0) is 14.4 Å². The van der Waals surface area contributed by atoms with E-state index in [0.29, 0.717) is 17.4 Å². The van der Waals surface area contributed by atoms with E-state index in [2.05, 4.69) is 15.5 Å². The minimum absolute atomic E-state index is 0.0719. The number of nitrogens with zero attached hydrogens (tertiary/aromatic N) is 3. The van der Waals surface area contributed by atoms with Crippen molar-refractivity contribution in [2.24, 2.45) is 11.8 Å². The lowest BCUT2D eigenvalue weighted by Gasteiger charge is -2.19. The van der Waals surface area contributed by atoms with Crippen LogP contribution in [0.1, 0.15) is 38.0 Å². The van der Waals surface area contributed by atoms with Gasteiger partial charge in [0.2, 0.25) is 29.4 Å². The topological polar surface area (TPSA) is 105 Å². The first kappa shape index (κ1) is 18.3. The lowest BCUT2D eigenvalue weighted by atomic mass is 9.81. The van der Waals surface area contributed by atoms with Gasteiger partial charge in [-0.3, -0.25) is 19.3 Å². The molecule has 2 aromatic rings. The molecule has 1 saturated heterocycles. The summed E-state index contributed by atoms with van der Waals surface area (Å²) in [7, 11) is 0. The molecule has 1 aromatic heterocycles. The summed E-state index contributed by atoms with van der Waals surface area (Å²) in [4.78, 5) is 42.7. The Kier molecular flexibility index (Phi) is 4.93. The number of carbonyl (C=O) groups is 3. The molecular weight excluding hydrogens is 360 g/mol. The van der Waals surface area contributed by atoms with Gasteiger partial charge in [0, 0.05) is 31.1 Å². The van der Waals surface area contributed by atoms with Crippen LogP contribution in [0.4, 0.5) is 5.69 Å². The molecule has 1 aromatic carbocycles. The van der Waals surface area contributed by atoms with E-state index in [1.165, 1.54) is 4.90 Å². The van der Waals surface area contributed by atoms with Gasteiger partial charge in [0.05, 0.1) is 11.8 Å². The minimum Gasteiger partial charge on any atom is -0.339 e. The molecule has 4 rings (SSSR count). The smallest absolute Gasteiger partial charge is 0.233 e. The molecule has 2 fully saturated rings. The lowest BCUT2D eigenvalue weighted by molar-refractivity contribution is -0.140. The Morgan fingerprint density at radius 1 is 1.21 bits per heavy atom. The first-order valence-corrected chi connectivity index (χ1v) is 9.59. The molecule has 8 heteroatoms. The average molecular weight is 382 g/mol. The molecule has 2 heterocycles. The number of aryl methyl sites for hydroxylation is 1. The fraction of sp³-hybridized carbons (Fsp3) is 0.450. The number of imide groups is 1. The number of amides is 3. The van der Waals surface area contributed by atoms with Crippen molar-refractivity contribution in [3.8, 4) is 11.4 Å². The van der Waals surface area contributed by atoms with Crippen molar-refractivity contribution in [3.05, 3.63) is 30.2 Å².